The van der Waals surface area contributed by atoms with Gasteiger partial charge in [0.25, 0.3) is 0 Å². The quantitative estimate of drug-likeness (QED) is 0.654. The molecule has 1 radical (unpaired) electrons. The molecular formula is C6H7N6O. The minimum atomic E-state index is 0.568. The number of hydrogen-bond acceptors (Lipinski definition) is 7. The van der Waals surface area contributed by atoms with Crippen LogP contribution in [0.1, 0.15) is 0 Å². The molecule has 0 fully saturated rings. The monoisotopic (exact) mass is 179 g/mol. The number of hydrazone groups is 1. The van der Waals surface area contributed by atoms with Crippen LogP contribution < -0.4 is 10.7 Å². The molecule has 13 heavy (non-hydrogen) atoms. The second-order valence-electron chi connectivity index (χ2n) is 2.14. The van der Waals surface area contributed by atoms with Crippen LogP contribution in [0.2, 0.25) is 0 Å². The maximum atomic E-state index is 4.90. The zero-order valence-corrected chi connectivity index (χ0v) is 6.88. The minimum Gasteiger partial charge on any atom is -0.259 e. The first-order chi connectivity index (χ1) is 6.42. The van der Waals surface area contributed by atoms with Gasteiger partial charge >= 0.3 is 0 Å². The Bertz CT molecular complexity index is 301. The van der Waals surface area contributed by atoms with Crippen molar-refractivity contribution in [2.75, 3.05) is 12.2 Å². The SMILES string of the molecule is CON1[C]=NNN1c1cnccn1. The van der Waals surface area contributed by atoms with Gasteiger partial charge in [0.2, 0.25) is 6.34 Å². The summed E-state index contributed by atoms with van der Waals surface area (Å²) in [6.45, 7) is 0. The first-order valence-corrected chi connectivity index (χ1v) is 3.53. The number of rotatable bonds is 2. The van der Waals surface area contributed by atoms with Crippen molar-refractivity contribution in [3.63, 3.8) is 0 Å². The fourth-order valence-corrected chi connectivity index (χ4v) is 0.865. The standard InChI is InChI=1S/C6H7N6O/c1-13-11-5-9-10-12(11)6-4-7-2-3-8-6/h2-4,10H,1H3. The topological polar surface area (TPSA) is 65.9 Å². The molecule has 0 aromatic carbocycles. The third-order valence-corrected chi connectivity index (χ3v) is 1.40. The molecule has 0 unspecified atom stereocenters. The molecule has 1 aliphatic rings. The Morgan fingerprint density at radius 3 is 3.15 bits per heavy atom. The summed E-state index contributed by atoms with van der Waals surface area (Å²) in [5.74, 6) is 0.568. The number of anilines is 1. The minimum absolute atomic E-state index is 0.568. The van der Waals surface area contributed by atoms with E-state index in [2.05, 4.69) is 26.9 Å². The van der Waals surface area contributed by atoms with Gasteiger partial charge in [-0.15, -0.1) is 15.4 Å². The zero-order valence-electron chi connectivity index (χ0n) is 6.88. The smallest absolute Gasteiger partial charge is 0.248 e. The van der Waals surface area contributed by atoms with Gasteiger partial charge < -0.3 is 0 Å². The van der Waals surface area contributed by atoms with Crippen molar-refractivity contribution in [1.29, 1.82) is 0 Å². The van der Waals surface area contributed by atoms with Crippen LogP contribution in [0.3, 0.4) is 0 Å². The van der Waals surface area contributed by atoms with E-state index in [4.69, 9.17) is 4.84 Å². The van der Waals surface area contributed by atoms with E-state index in [0.29, 0.717) is 5.82 Å². The molecule has 0 saturated carbocycles. The molecule has 7 heteroatoms. The maximum Gasteiger partial charge on any atom is 0.248 e. The van der Waals surface area contributed by atoms with Crippen LogP contribution >= 0.6 is 0 Å². The summed E-state index contributed by atoms with van der Waals surface area (Å²) in [4.78, 5) is 12.8. The second kappa shape index (κ2) is 3.23. The average molecular weight is 179 g/mol. The summed E-state index contributed by atoms with van der Waals surface area (Å²) in [6.07, 6.45) is 7.27. The fourth-order valence-electron chi connectivity index (χ4n) is 0.865. The molecule has 7 nitrogen and oxygen atoms in total. The highest BCUT2D eigenvalue weighted by Crippen LogP contribution is 2.09. The van der Waals surface area contributed by atoms with Gasteiger partial charge in [-0.1, -0.05) is 0 Å². The lowest BCUT2D eigenvalue weighted by atomic mass is 10.7. The van der Waals surface area contributed by atoms with E-state index >= 15 is 0 Å². The normalized spacial score (nSPS) is 14.8. The predicted octanol–water partition coefficient (Wildman–Crippen LogP) is -0.600. The molecule has 1 N–H and O–H groups in total. The first-order valence-electron chi connectivity index (χ1n) is 3.53. The van der Waals surface area contributed by atoms with E-state index in [1.54, 1.807) is 18.6 Å². The summed E-state index contributed by atoms with van der Waals surface area (Å²) in [5, 5.41) is 6.37. The molecule has 0 saturated heterocycles. The largest absolute Gasteiger partial charge is 0.259 e. The van der Waals surface area contributed by atoms with Gasteiger partial charge in [-0.3, -0.25) is 9.82 Å². The average Bonchev–Trinajstić information content (AvgIpc) is 2.67. The Hall–Kier alpha value is -1.89. The van der Waals surface area contributed by atoms with Crippen LogP contribution in [0, 0.1) is 0 Å². The van der Waals surface area contributed by atoms with E-state index in [-0.39, 0.29) is 0 Å². The van der Waals surface area contributed by atoms with Crippen molar-refractivity contribution in [2.45, 2.75) is 0 Å². The highest BCUT2D eigenvalue weighted by Gasteiger charge is 2.19. The summed E-state index contributed by atoms with van der Waals surface area (Å²) in [6, 6.07) is 0. The van der Waals surface area contributed by atoms with E-state index in [1.807, 2.05) is 0 Å². The van der Waals surface area contributed by atoms with Crippen LogP contribution in [0.15, 0.2) is 23.7 Å². The molecule has 0 bridgehead atoms. The van der Waals surface area contributed by atoms with E-state index < -0.39 is 0 Å². The van der Waals surface area contributed by atoms with Gasteiger partial charge in [-0.25, -0.2) is 4.98 Å². The molecule has 67 valence electrons. The molecule has 1 aliphatic heterocycles. The summed E-state index contributed by atoms with van der Waals surface area (Å²) in [7, 11) is 1.50. The van der Waals surface area contributed by atoms with Crippen molar-refractivity contribution in [1.82, 2.24) is 20.7 Å². The molecular weight excluding hydrogens is 172 g/mol. The Labute approximate surface area is 74.5 Å². The second-order valence-corrected chi connectivity index (χ2v) is 2.14. The third kappa shape index (κ3) is 1.36. The molecule has 1 aromatic rings. The molecule has 0 spiro atoms. The van der Waals surface area contributed by atoms with Crippen LogP contribution in [0.4, 0.5) is 5.82 Å². The van der Waals surface area contributed by atoms with Crippen LogP contribution in [-0.4, -0.2) is 28.6 Å². The van der Waals surface area contributed by atoms with Gasteiger partial charge in [0, 0.05) is 12.4 Å². The number of hydrazine groups is 2. The number of hydroxylamine groups is 1. The van der Waals surface area contributed by atoms with Crippen molar-refractivity contribution >= 4 is 12.2 Å². The van der Waals surface area contributed by atoms with Crippen LogP contribution in [0.5, 0.6) is 0 Å². The molecule has 2 rings (SSSR count). The highest BCUT2D eigenvalue weighted by molar-refractivity contribution is 5.59. The van der Waals surface area contributed by atoms with E-state index in [1.165, 1.54) is 17.4 Å². The van der Waals surface area contributed by atoms with Gasteiger partial charge in [0.15, 0.2) is 5.82 Å². The van der Waals surface area contributed by atoms with Gasteiger partial charge in [0.05, 0.1) is 13.3 Å². The Morgan fingerprint density at radius 1 is 1.54 bits per heavy atom. The molecule has 0 aliphatic carbocycles. The molecule has 1 aromatic heterocycles. The fraction of sp³-hybridized carbons (Fsp3) is 0.167. The summed E-state index contributed by atoms with van der Waals surface area (Å²) >= 11 is 0. The van der Waals surface area contributed by atoms with Crippen molar-refractivity contribution in [3.05, 3.63) is 18.6 Å². The van der Waals surface area contributed by atoms with Crippen molar-refractivity contribution < 1.29 is 4.84 Å². The zero-order chi connectivity index (χ0) is 9.10. The van der Waals surface area contributed by atoms with E-state index in [0.717, 1.165) is 0 Å². The number of aromatic nitrogens is 2. The number of hydrogen-bond donors (Lipinski definition) is 1. The summed E-state index contributed by atoms with van der Waals surface area (Å²) < 4.78 is 0. The van der Waals surface area contributed by atoms with Gasteiger partial charge in [0.1, 0.15) is 0 Å². The molecule has 0 atom stereocenters. The Balaban J connectivity index is 2.18. The van der Waals surface area contributed by atoms with Gasteiger partial charge in [-0.05, 0) is 0 Å². The Kier molecular flexibility index (Phi) is 1.93. The molecule has 2 heterocycles. The highest BCUT2D eigenvalue weighted by atomic mass is 16.7. The lowest BCUT2D eigenvalue weighted by Gasteiger charge is -2.22. The van der Waals surface area contributed by atoms with Crippen molar-refractivity contribution in [3.8, 4) is 0 Å². The Morgan fingerprint density at radius 2 is 2.46 bits per heavy atom. The van der Waals surface area contributed by atoms with Crippen LogP contribution in [0.25, 0.3) is 0 Å². The summed E-state index contributed by atoms with van der Waals surface area (Å²) in [5.41, 5.74) is 2.62. The van der Waals surface area contributed by atoms with Crippen molar-refractivity contribution in [2.24, 2.45) is 5.10 Å². The third-order valence-electron chi connectivity index (χ3n) is 1.40. The predicted molar refractivity (Wildman–Crippen MR) is 43.9 cm³/mol. The lowest BCUT2D eigenvalue weighted by molar-refractivity contribution is -0.0696. The maximum absolute atomic E-state index is 4.90. The number of nitrogens with zero attached hydrogens (tertiary/aromatic N) is 5. The van der Waals surface area contributed by atoms with Gasteiger partial charge in [-0.2, -0.15) is 5.53 Å². The van der Waals surface area contributed by atoms with E-state index in [9.17, 15) is 0 Å². The first kappa shape index (κ1) is 7.74. The van der Waals surface area contributed by atoms with Crippen LogP contribution in [-0.2, 0) is 4.84 Å². The lowest BCUT2D eigenvalue weighted by Crippen LogP contribution is -2.42. The molecule has 0 amide bonds. The number of nitrogens with one attached hydrogen (secondary N) is 1.